The Morgan fingerprint density at radius 3 is 1.00 bits per heavy atom. The number of ether oxygens (including phenoxy) is 7. The average molecular weight is 1420 g/mol. The second kappa shape index (κ2) is 92.3. The molecule has 5 atom stereocenters. The van der Waals surface area contributed by atoms with Crippen molar-refractivity contribution < 1.29 is 152 Å². The van der Waals surface area contributed by atoms with E-state index < -0.39 is 87.2 Å². The van der Waals surface area contributed by atoms with Crippen molar-refractivity contribution in [1.82, 2.24) is 9.80 Å². The van der Waals surface area contributed by atoms with Crippen molar-refractivity contribution in [2.45, 2.75) is 213 Å². The third kappa shape index (κ3) is 131. The van der Waals surface area contributed by atoms with Crippen LogP contribution in [0.4, 0.5) is 0 Å². The van der Waals surface area contributed by atoms with Crippen LogP contribution in [0.15, 0.2) is 0 Å². The number of carbonyl (C=O) groups is 12. The second-order valence-corrected chi connectivity index (χ2v) is 20.7. The SMILES string of the molecule is CC(=O)CC(CC(=O)O)OCO.CC(=O)CC(COCO)C(=O)O.CC(=O)CC(COCO)CC(=O)O.CC(=O)CN(CCOCCOCO)CC(=O)O.CC(=O)CN(CCOCO)CC(=O)O.CCC.CCC.CCC.CCC.CCC.CCC(O)COC(CC(=O)O)C(C)=O. The first-order chi connectivity index (χ1) is 45.3. The molecule has 0 rings (SSSR count). The van der Waals surface area contributed by atoms with Crippen molar-refractivity contribution in [1.29, 1.82) is 0 Å². The molecule has 12 N–H and O–H groups in total. The molecule has 0 amide bonds. The van der Waals surface area contributed by atoms with Crippen molar-refractivity contribution in [2.75, 3.05) is 119 Å². The van der Waals surface area contributed by atoms with Gasteiger partial charge in [0.25, 0.3) is 0 Å². The fourth-order valence-corrected chi connectivity index (χ4v) is 5.63. The normalized spacial score (nSPS) is 11.2. The van der Waals surface area contributed by atoms with E-state index in [2.05, 4.69) is 92.9 Å². The highest BCUT2D eigenvalue weighted by Gasteiger charge is 2.21. The van der Waals surface area contributed by atoms with Gasteiger partial charge in [0.05, 0.1) is 110 Å². The Morgan fingerprint density at radius 2 is 0.701 bits per heavy atom. The van der Waals surface area contributed by atoms with Gasteiger partial charge in [0.2, 0.25) is 0 Å². The standard InChI is InChI=1S/C10H19NO6.C9H16O5.C8H15NO5.C8H14O5.2C7H12O5.5C3H8/c1-9(13)6-11(7-10(14)15)2-3-16-4-5-17-8-12;1-3-7(11)5-14-8(6(2)10)4-9(12)13;1-7(11)4-9(5-8(12)13)2-3-14-6-10;1-6(10)2-7(3-8(11)12)4-13-5-9;1-5(9)2-6(7(10)11)3-12-4-8;1-5(9)2-6(12-4-8)3-7(10)11;5*1-3-2/h12H,2-8H2,1H3,(H,14,15);7-8,11H,3-5H2,1-2H3,(H,12,13);10H,2-6H2,1H3,(H,12,13);7,9H,2-5H2,1H3,(H,11,12);2*6,8H,2-4H2,1H3,(H,10,11);5*3H2,1-2H3. The van der Waals surface area contributed by atoms with Crippen molar-refractivity contribution in [2.24, 2.45) is 11.8 Å². The first-order valence-corrected chi connectivity index (χ1v) is 31.9. The maximum absolute atomic E-state index is 10.9. The Hall–Kier alpha value is -5.76. The Bertz CT molecular complexity index is 1800. The molecule has 580 valence electrons. The Labute approximate surface area is 575 Å². The molecule has 0 heterocycles. The number of ketones is 6. The van der Waals surface area contributed by atoms with Crippen LogP contribution in [0.5, 0.6) is 0 Å². The van der Waals surface area contributed by atoms with E-state index in [0.717, 1.165) is 0 Å². The highest BCUT2D eigenvalue weighted by atomic mass is 16.6. The molecule has 33 heteroatoms. The molecular weight excluding hydrogens is 1290 g/mol. The summed E-state index contributed by atoms with van der Waals surface area (Å²) >= 11 is 0. The molecule has 0 spiro atoms. The van der Waals surface area contributed by atoms with Crippen LogP contribution in [-0.2, 0) is 90.7 Å². The smallest absolute Gasteiger partial charge is 0.317 e. The predicted octanol–water partition coefficient (Wildman–Crippen LogP) is 4.59. The molecule has 0 radical (unpaired) electrons. The minimum absolute atomic E-state index is 0.00593. The number of aliphatic carboxylic acids is 6. The summed E-state index contributed by atoms with van der Waals surface area (Å²) in [7, 11) is 0. The minimum atomic E-state index is -1.09. The molecule has 0 aromatic rings. The van der Waals surface area contributed by atoms with Gasteiger partial charge in [-0.25, -0.2) is 0 Å². The number of Topliss-reactive ketones (excluding diaryl/α,β-unsaturated/α-hetero) is 6. The Morgan fingerprint density at radius 1 is 0.351 bits per heavy atom. The number of carboxylic acids is 6. The fraction of sp³-hybridized carbons (Fsp3) is 0.812. The van der Waals surface area contributed by atoms with Gasteiger partial charge in [-0.15, -0.1) is 0 Å². The van der Waals surface area contributed by atoms with Gasteiger partial charge in [0.15, 0.2) is 5.78 Å². The zero-order valence-electron chi connectivity index (χ0n) is 61.1. The highest BCUT2D eigenvalue weighted by Crippen LogP contribution is 2.10. The maximum atomic E-state index is 10.9. The zero-order valence-corrected chi connectivity index (χ0v) is 61.1. The molecule has 0 bridgehead atoms. The van der Waals surface area contributed by atoms with Gasteiger partial charge in [-0.05, 0) is 53.9 Å². The summed E-state index contributed by atoms with van der Waals surface area (Å²) in [6, 6.07) is 0. The number of aliphatic hydroxyl groups excluding tert-OH is 6. The first kappa shape index (κ1) is 115. The van der Waals surface area contributed by atoms with Crippen LogP contribution in [0.2, 0.25) is 0 Å². The van der Waals surface area contributed by atoms with Crippen molar-refractivity contribution in [3.63, 3.8) is 0 Å². The molecule has 5 unspecified atom stereocenters. The van der Waals surface area contributed by atoms with Crippen molar-refractivity contribution >= 4 is 70.5 Å². The van der Waals surface area contributed by atoms with Crippen LogP contribution < -0.4 is 0 Å². The minimum Gasteiger partial charge on any atom is -0.481 e. The van der Waals surface area contributed by atoms with E-state index in [1.54, 1.807) is 6.92 Å². The first-order valence-electron chi connectivity index (χ1n) is 31.9. The van der Waals surface area contributed by atoms with Gasteiger partial charge in [-0.1, -0.05) is 108 Å². The van der Waals surface area contributed by atoms with Gasteiger partial charge in [-0.3, -0.25) is 57.7 Å². The van der Waals surface area contributed by atoms with Gasteiger partial charge in [0, 0.05) is 32.4 Å². The molecule has 0 aromatic heterocycles. The molecule has 0 saturated heterocycles. The van der Waals surface area contributed by atoms with Gasteiger partial charge in [0.1, 0.15) is 69.0 Å². The average Bonchev–Trinajstić information content (AvgIpc) is 3.04. The molecule has 0 aliphatic rings. The van der Waals surface area contributed by atoms with Crippen LogP contribution in [0.25, 0.3) is 0 Å². The Balaban J connectivity index is -0.0000000976. The molecule has 0 aromatic carbocycles. The lowest BCUT2D eigenvalue weighted by Gasteiger charge is -2.18. The highest BCUT2D eigenvalue weighted by molar-refractivity contribution is 5.85. The molecule has 0 aliphatic carbocycles. The molecule has 33 nitrogen and oxygen atoms in total. The van der Waals surface area contributed by atoms with E-state index >= 15 is 0 Å². The summed E-state index contributed by atoms with van der Waals surface area (Å²) in [5.74, 6) is -8.31. The van der Waals surface area contributed by atoms with Crippen LogP contribution >= 0.6 is 0 Å². The van der Waals surface area contributed by atoms with E-state index in [1.165, 1.54) is 83.4 Å². The summed E-state index contributed by atoms with van der Waals surface area (Å²) in [6.07, 6.45) is 3.85. The zero-order chi connectivity index (χ0) is 78.1. The maximum Gasteiger partial charge on any atom is 0.317 e. The number of aliphatic hydroxyl groups is 6. The Kier molecular flexibility index (Phi) is 110. The van der Waals surface area contributed by atoms with Gasteiger partial charge in [-0.2, -0.15) is 0 Å². The number of hydrogen-bond acceptors (Lipinski definition) is 27. The molecular formula is C64H128N2O31. The second-order valence-electron chi connectivity index (χ2n) is 20.7. The van der Waals surface area contributed by atoms with E-state index in [0.29, 0.717) is 32.7 Å². The molecule has 0 saturated carbocycles. The number of hydrogen-bond donors (Lipinski definition) is 12. The third-order valence-corrected chi connectivity index (χ3v) is 9.05. The third-order valence-electron chi connectivity index (χ3n) is 9.05. The predicted molar refractivity (Wildman–Crippen MR) is 358 cm³/mol. The van der Waals surface area contributed by atoms with Gasteiger partial charge < -0.3 is 104 Å². The van der Waals surface area contributed by atoms with Crippen LogP contribution in [0, 0.1) is 11.8 Å². The molecule has 0 fully saturated rings. The topological polar surface area (TPSA) is 519 Å². The quantitative estimate of drug-likeness (QED) is 0.0293. The lowest BCUT2D eigenvalue weighted by atomic mass is 10.0. The van der Waals surface area contributed by atoms with E-state index in [4.69, 9.17) is 70.8 Å². The lowest BCUT2D eigenvalue weighted by molar-refractivity contribution is -0.147. The van der Waals surface area contributed by atoms with Crippen LogP contribution in [-0.4, -0.2) is 279 Å². The largest absolute Gasteiger partial charge is 0.481 e. The van der Waals surface area contributed by atoms with Crippen molar-refractivity contribution in [3.05, 3.63) is 0 Å². The summed E-state index contributed by atoms with van der Waals surface area (Å²) in [5.41, 5.74) is 0. The van der Waals surface area contributed by atoms with Crippen LogP contribution in [0.3, 0.4) is 0 Å². The lowest BCUT2D eigenvalue weighted by Crippen LogP contribution is -2.36. The number of carboxylic acid groups (broad SMARTS) is 6. The summed E-state index contributed by atoms with van der Waals surface area (Å²) in [6.45, 7) is 30.4. The summed E-state index contributed by atoms with van der Waals surface area (Å²) in [4.78, 5) is 129. The number of carbonyl (C=O) groups excluding carboxylic acids is 6. The summed E-state index contributed by atoms with van der Waals surface area (Å²) in [5, 5.41) is 102. The molecule has 97 heavy (non-hydrogen) atoms. The van der Waals surface area contributed by atoms with E-state index in [-0.39, 0.29) is 145 Å². The fourth-order valence-electron chi connectivity index (χ4n) is 5.63. The summed E-state index contributed by atoms with van der Waals surface area (Å²) < 4.78 is 33.1. The van der Waals surface area contributed by atoms with Gasteiger partial charge >= 0.3 is 35.8 Å². The number of nitrogens with zero attached hydrogens (tertiary/aromatic N) is 2. The number of rotatable bonds is 45. The molecule has 0 aliphatic heterocycles. The van der Waals surface area contributed by atoms with E-state index in [1.807, 2.05) is 0 Å². The van der Waals surface area contributed by atoms with E-state index in [9.17, 15) is 57.5 Å². The monoisotopic (exact) mass is 1420 g/mol. The van der Waals surface area contributed by atoms with Crippen LogP contribution in [0.1, 0.15) is 195 Å². The van der Waals surface area contributed by atoms with Crippen molar-refractivity contribution in [3.8, 4) is 0 Å².